The Bertz CT molecular complexity index is 1480. The van der Waals surface area contributed by atoms with Crippen LogP contribution >= 0.6 is 0 Å². The van der Waals surface area contributed by atoms with Gasteiger partial charge in [-0.05, 0) is 82.4 Å². The fourth-order valence-electron chi connectivity index (χ4n) is 6.14. The molecular formula is C35H47N5O6. The van der Waals surface area contributed by atoms with Crippen molar-refractivity contribution in [2.45, 2.75) is 91.0 Å². The molecule has 1 aromatic heterocycles. The highest BCUT2D eigenvalue weighted by Gasteiger charge is 2.37. The van der Waals surface area contributed by atoms with E-state index >= 15 is 0 Å². The smallest absolute Gasteiger partial charge is 0.325 e. The van der Waals surface area contributed by atoms with Gasteiger partial charge in [-0.25, -0.2) is 10.4 Å². The van der Waals surface area contributed by atoms with Crippen molar-refractivity contribution >= 4 is 40.7 Å². The zero-order chi connectivity index (χ0) is 33.0. The summed E-state index contributed by atoms with van der Waals surface area (Å²) in [7, 11) is 0. The molecule has 3 aliphatic rings. The highest BCUT2D eigenvalue weighted by Crippen LogP contribution is 2.26. The topological polar surface area (TPSA) is 139 Å². The minimum atomic E-state index is -0.941. The van der Waals surface area contributed by atoms with Crippen LogP contribution in [0.3, 0.4) is 0 Å². The molecule has 4 atom stereocenters. The number of pyridine rings is 1. The van der Waals surface area contributed by atoms with Crippen molar-refractivity contribution in [2.75, 3.05) is 19.8 Å². The van der Waals surface area contributed by atoms with Crippen LogP contribution in [0.5, 0.6) is 0 Å². The van der Waals surface area contributed by atoms with Gasteiger partial charge in [-0.2, -0.15) is 0 Å². The van der Waals surface area contributed by atoms with Crippen LogP contribution in [0.15, 0.2) is 36.4 Å². The van der Waals surface area contributed by atoms with Crippen molar-refractivity contribution in [2.24, 2.45) is 17.3 Å². The normalized spacial score (nSPS) is 27.7. The summed E-state index contributed by atoms with van der Waals surface area (Å²) in [4.78, 5) is 59.6. The number of nitrogens with zero attached hydrogens (tertiary/aromatic N) is 2. The van der Waals surface area contributed by atoms with E-state index in [-0.39, 0.29) is 23.7 Å². The molecule has 5 bridgehead atoms. The first-order valence-corrected chi connectivity index (χ1v) is 16.5. The van der Waals surface area contributed by atoms with Gasteiger partial charge in [0.1, 0.15) is 24.2 Å². The van der Waals surface area contributed by atoms with E-state index in [1.54, 1.807) is 20.8 Å². The van der Waals surface area contributed by atoms with E-state index in [9.17, 15) is 19.2 Å². The molecule has 0 aliphatic carbocycles. The molecule has 2 aromatic rings. The van der Waals surface area contributed by atoms with Crippen molar-refractivity contribution in [3.63, 3.8) is 0 Å². The second-order valence-corrected chi connectivity index (χ2v) is 13.7. The fourth-order valence-corrected chi connectivity index (χ4v) is 6.14. The van der Waals surface area contributed by atoms with Gasteiger partial charge in [0, 0.05) is 25.1 Å². The van der Waals surface area contributed by atoms with Crippen LogP contribution < -0.4 is 16.1 Å². The van der Waals surface area contributed by atoms with Crippen molar-refractivity contribution in [1.29, 1.82) is 0 Å². The molecule has 5 rings (SSSR count). The number of benzene rings is 1. The van der Waals surface area contributed by atoms with Crippen molar-refractivity contribution in [1.82, 2.24) is 26.1 Å². The second kappa shape index (κ2) is 14.3. The summed E-state index contributed by atoms with van der Waals surface area (Å²) in [5.41, 5.74) is 4.34. The molecule has 0 spiro atoms. The minimum absolute atomic E-state index is 0.183. The monoisotopic (exact) mass is 633 g/mol. The molecule has 3 aliphatic heterocycles. The molecule has 2 fully saturated rings. The van der Waals surface area contributed by atoms with Crippen LogP contribution in [0.1, 0.15) is 84.1 Å². The summed E-state index contributed by atoms with van der Waals surface area (Å²) >= 11 is 0. The Morgan fingerprint density at radius 1 is 1.02 bits per heavy atom. The van der Waals surface area contributed by atoms with Crippen molar-refractivity contribution in [3.05, 3.63) is 47.7 Å². The number of ether oxygens (including phenoxy) is 2. The average molecular weight is 634 g/mol. The van der Waals surface area contributed by atoms with Gasteiger partial charge in [-0.3, -0.25) is 24.2 Å². The summed E-state index contributed by atoms with van der Waals surface area (Å²) in [6, 6.07) is 7.19. The summed E-state index contributed by atoms with van der Waals surface area (Å²) in [5.74, 6) is -1.56. The number of nitrogens with one attached hydrogen (secondary N) is 3. The fraction of sp³-hybridized carbons (Fsp3) is 0.571. The molecule has 248 valence electrons. The summed E-state index contributed by atoms with van der Waals surface area (Å²) in [5, 5.41) is 8.32. The Hall–Kier alpha value is -3.83. The van der Waals surface area contributed by atoms with Crippen LogP contribution in [-0.2, 0) is 28.7 Å². The summed E-state index contributed by atoms with van der Waals surface area (Å²) < 4.78 is 11.4. The molecule has 0 saturated carbocycles. The van der Waals surface area contributed by atoms with Crippen molar-refractivity contribution < 1.29 is 28.7 Å². The Morgan fingerprint density at radius 2 is 1.76 bits per heavy atom. The van der Waals surface area contributed by atoms with Gasteiger partial charge >= 0.3 is 5.97 Å². The predicted octanol–water partition coefficient (Wildman–Crippen LogP) is 3.83. The quantitative estimate of drug-likeness (QED) is 0.434. The predicted molar refractivity (Wildman–Crippen MR) is 174 cm³/mol. The molecule has 2 saturated heterocycles. The summed E-state index contributed by atoms with van der Waals surface area (Å²) in [6.45, 7) is 10.7. The molecule has 3 amide bonds. The van der Waals surface area contributed by atoms with Gasteiger partial charge in [-0.1, -0.05) is 44.2 Å². The number of carbonyl (C=O) groups is 4. The Kier molecular flexibility index (Phi) is 10.4. The van der Waals surface area contributed by atoms with E-state index in [0.29, 0.717) is 44.7 Å². The van der Waals surface area contributed by atoms with Crippen LogP contribution in [-0.4, -0.2) is 71.6 Å². The van der Waals surface area contributed by atoms with Gasteiger partial charge in [0.05, 0.1) is 16.6 Å². The maximum absolute atomic E-state index is 14.0. The number of cyclic esters (lactones) is 1. The molecule has 2 unspecified atom stereocenters. The number of aromatic nitrogens is 1. The lowest BCUT2D eigenvalue weighted by molar-refractivity contribution is -0.157. The largest absolute Gasteiger partial charge is 0.455 e. The number of hydrazine groups is 1. The number of hydrogen-bond donors (Lipinski definition) is 3. The lowest BCUT2D eigenvalue weighted by atomic mass is 9.89. The van der Waals surface area contributed by atoms with Gasteiger partial charge in [0.15, 0.2) is 0 Å². The third kappa shape index (κ3) is 7.93. The van der Waals surface area contributed by atoms with E-state index in [4.69, 9.17) is 14.5 Å². The first kappa shape index (κ1) is 33.5. The average Bonchev–Trinajstić information content (AvgIpc) is 3.05. The van der Waals surface area contributed by atoms with Crippen LogP contribution in [0.2, 0.25) is 0 Å². The first-order valence-electron chi connectivity index (χ1n) is 16.5. The zero-order valence-corrected chi connectivity index (χ0v) is 27.5. The number of esters is 1. The third-order valence-electron chi connectivity index (χ3n) is 9.22. The van der Waals surface area contributed by atoms with E-state index in [2.05, 4.69) is 16.1 Å². The third-order valence-corrected chi connectivity index (χ3v) is 9.22. The molecule has 46 heavy (non-hydrogen) atoms. The van der Waals surface area contributed by atoms with Crippen LogP contribution in [0, 0.1) is 17.3 Å². The summed E-state index contributed by atoms with van der Waals surface area (Å²) in [6.07, 6.45) is 6.16. The van der Waals surface area contributed by atoms with E-state index < -0.39 is 41.5 Å². The van der Waals surface area contributed by atoms with Crippen LogP contribution in [0.4, 0.5) is 0 Å². The Balaban J connectivity index is 1.49. The highest BCUT2D eigenvalue weighted by molar-refractivity contribution is 5.94. The molecule has 1 aromatic carbocycles. The lowest BCUT2D eigenvalue weighted by Crippen LogP contribution is -2.62. The lowest BCUT2D eigenvalue weighted by Gasteiger charge is -2.37. The standard InChI is InChI=1S/C35H47N5O6/c1-21(2)30-31(41)37-29(20-24-13-17-45-18-14-24)32(42)40-16-6-7-27(39-40)33(43)46-22(3)26-11-10-25-9-8-23(19-28(25)36-26)12-15-35(4,5)34(44)38-30/h8-12,15,19,21-22,24,27,29-30,39H,6-7,13-14,16-18,20H2,1-5H3,(H,37,41)(H,38,44)/b15-12+/t22-,27?,29?,30+/m1/s1. The van der Waals surface area contributed by atoms with Crippen LogP contribution in [0.25, 0.3) is 17.0 Å². The zero-order valence-electron chi connectivity index (χ0n) is 27.5. The number of rotatable bonds is 3. The Labute approximate surface area is 270 Å². The minimum Gasteiger partial charge on any atom is -0.455 e. The molecule has 4 heterocycles. The first-order chi connectivity index (χ1) is 21.9. The van der Waals surface area contributed by atoms with E-state index in [0.717, 1.165) is 29.3 Å². The van der Waals surface area contributed by atoms with E-state index in [1.165, 1.54) is 5.01 Å². The van der Waals surface area contributed by atoms with E-state index in [1.807, 2.05) is 56.3 Å². The SMILES string of the molecule is CC(C)[C@@H]1NC(=O)C(C)(C)/C=C/c2ccc3ccc(nc3c2)[C@@H](C)OC(=O)C2CCCN(N2)C(=O)C(CC2CCOCC2)NC1=O. The number of fused-ring (bicyclic) bond motifs is 4. The van der Waals surface area contributed by atoms with Gasteiger partial charge in [0.25, 0.3) is 5.91 Å². The molecule has 11 heteroatoms. The number of hydrogen-bond acceptors (Lipinski definition) is 8. The van der Waals surface area contributed by atoms with Crippen molar-refractivity contribution in [3.8, 4) is 0 Å². The molecule has 11 nitrogen and oxygen atoms in total. The number of amides is 3. The van der Waals surface area contributed by atoms with Gasteiger partial charge < -0.3 is 20.1 Å². The molecular weight excluding hydrogens is 586 g/mol. The molecule has 3 N–H and O–H groups in total. The van der Waals surface area contributed by atoms with Gasteiger partial charge in [-0.15, -0.1) is 0 Å². The number of carbonyl (C=O) groups excluding carboxylic acids is 4. The molecule has 0 radical (unpaired) electrons. The highest BCUT2D eigenvalue weighted by atomic mass is 16.5. The Morgan fingerprint density at radius 3 is 2.50 bits per heavy atom. The maximum Gasteiger partial charge on any atom is 0.325 e. The maximum atomic E-state index is 14.0. The van der Waals surface area contributed by atoms with Gasteiger partial charge in [0.2, 0.25) is 11.8 Å². The second-order valence-electron chi connectivity index (χ2n) is 13.7.